The zero-order valence-corrected chi connectivity index (χ0v) is 17.7. The summed E-state index contributed by atoms with van der Waals surface area (Å²) in [6, 6.07) is 9.79. The molecule has 2 rings (SSSR count). The lowest BCUT2D eigenvalue weighted by molar-refractivity contribution is -0.242. The van der Waals surface area contributed by atoms with Crippen molar-refractivity contribution in [2.45, 2.75) is 28.5 Å². The molecule has 6 nitrogen and oxygen atoms in total. The molecule has 0 aliphatic carbocycles. The summed E-state index contributed by atoms with van der Waals surface area (Å²) >= 11 is 6.01. The van der Waals surface area contributed by atoms with Crippen LogP contribution in [-0.2, 0) is 15.6 Å². The van der Waals surface area contributed by atoms with Crippen LogP contribution in [0.5, 0.6) is 0 Å². The number of hydrogen-bond donors (Lipinski definition) is 2. The van der Waals surface area contributed by atoms with Crippen LogP contribution in [0.1, 0.15) is 17.3 Å². The molecular formula is C19H18ClF3N2O4S. The fourth-order valence-electron chi connectivity index (χ4n) is 2.20. The van der Waals surface area contributed by atoms with Crippen LogP contribution in [0.2, 0.25) is 5.02 Å². The van der Waals surface area contributed by atoms with Crippen LogP contribution in [-0.4, -0.2) is 51.9 Å². The lowest BCUT2D eigenvalue weighted by Crippen LogP contribution is -2.52. The third-order valence-corrected chi connectivity index (χ3v) is 5.81. The summed E-state index contributed by atoms with van der Waals surface area (Å²) < 4.78 is 51.0. The molecule has 2 N–H and O–H groups in total. The number of rotatable bonds is 5. The number of benzene rings is 2. The Morgan fingerprint density at radius 1 is 1.07 bits per heavy atom. The molecule has 0 saturated heterocycles. The van der Waals surface area contributed by atoms with Gasteiger partial charge in [0, 0.05) is 29.4 Å². The summed E-state index contributed by atoms with van der Waals surface area (Å²) in [5.74, 6) is -1.92. The van der Waals surface area contributed by atoms with E-state index in [-0.39, 0.29) is 21.5 Å². The van der Waals surface area contributed by atoms with Crippen molar-refractivity contribution in [3.63, 3.8) is 0 Å². The molecule has 2 atom stereocenters. The molecule has 0 radical (unpaired) electrons. The summed E-state index contributed by atoms with van der Waals surface area (Å²) in [6.07, 6.45) is -5.18. The highest BCUT2D eigenvalue weighted by Crippen LogP contribution is 2.33. The minimum atomic E-state index is -5.18. The summed E-state index contributed by atoms with van der Waals surface area (Å²) in [4.78, 5) is 25.7. The summed E-state index contributed by atoms with van der Waals surface area (Å²) in [6.45, 7) is 0.324. The number of carbonyl (C=O) groups is 2. The molecular weight excluding hydrogens is 445 g/mol. The predicted molar refractivity (Wildman–Crippen MR) is 106 cm³/mol. The Balaban J connectivity index is 2.21. The third-order valence-electron chi connectivity index (χ3n) is 4.12. The van der Waals surface area contributed by atoms with E-state index in [1.54, 1.807) is 14.1 Å². The second kappa shape index (κ2) is 8.75. The normalized spacial score (nSPS) is 14.5. The van der Waals surface area contributed by atoms with Crippen LogP contribution in [0.15, 0.2) is 52.3 Å². The molecule has 0 aliphatic rings. The van der Waals surface area contributed by atoms with Gasteiger partial charge in [-0.3, -0.25) is 9.59 Å². The average molecular weight is 463 g/mol. The standard InChI is InChI=1S/C19H18ClF3N2O4S/c1-18(28,19(21,22)23)17(27)24-15-9-8-13(10-14(15)20)30(29)12-6-4-11(5-7-12)16(26)25(2)3/h4-10,28H,1-3H3,(H,24,27)/t18-,30?/m1/s1. The van der Waals surface area contributed by atoms with Gasteiger partial charge in [0.1, 0.15) is 0 Å². The Labute approximate surface area is 178 Å². The Morgan fingerprint density at radius 2 is 1.60 bits per heavy atom. The Morgan fingerprint density at radius 3 is 2.07 bits per heavy atom. The van der Waals surface area contributed by atoms with Crippen LogP contribution >= 0.6 is 11.6 Å². The fraction of sp³-hybridized carbons (Fsp3) is 0.263. The maximum absolute atomic E-state index is 12.8. The number of alkyl halides is 3. The van der Waals surface area contributed by atoms with E-state index in [2.05, 4.69) is 0 Å². The molecule has 2 aromatic rings. The van der Waals surface area contributed by atoms with Crippen molar-refractivity contribution in [3.8, 4) is 0 Å². The second-order valence-electron chi connectivity index (χ2n) is 6.66. The van der Waals surface area contributed by atoms with Gasteiger partial charge >= 0.3 is 6.18 Å². The minimum Gasteiger partial charge on any atom is -0.373 e. The van der Waals surface area contributed by atoms with E-state index >= 15 is 0 Å². The lowest BCUT2D eigenvalue weighted by atomic mass is 10.1. The number of hydrogen-bond acceptors (Lipinski definition) is 4. The summed E-state index contributed by atoms with van der Waals surface area (Å²) in [5, 5.41) is 11.2. The van der Waals surface area contributed by atoms with Crippen molar-refractivity contribution in [3.05, 3.63) is 53.1 Å². The Kier molecular flexibility index (Phi) is 6.95. The Hall–Kier alpha value is -2.43. The number of halogens is 4. The van der Waals surface area contributed by atoms with E-state index in [4.69, 9.17) is 11.6 Å². The van der Waals surface area contributed by atoms with Crippen molar-refractivity contribution in [1.29, 1.82) is 0 Å². The topological polar surface area (TPSA) is 86.7 Å². The van der Waals surface area contributed by atoms with Crippen LogP contribution in [0, 0.1) is 0 Å². The largest absolute Gasteiger partial charge is 0.426 e. The number of amides is 2. The molecule has 0 spiro atoms. The van der Waals surface area contributed by atoms with Gasteiger partial charge in [0.05, 0.1) is 21.5 Å². The zero-order valence-electron chi connectivity index (χ0n) is 16.1. The molecule has 0 bridgehead atoms. The van der Waals surface area contributed by atoms with Gasteiger partial charge in [-0.1, -0.05) is 11.6 Å². The summed E-state index contributed by atoms with van der Waals surface area (Å²) in [7, 11) is 1.51. The molecule has 0 heterocycles. The van der Waals surface area contributed by atoms with E-state index < -0.39 is 28.5 Å². The lowest BCUT2D eigenvalue weighted by Gasteiger charge is -2.25. The van der Waals surface area contributed by atoms with Gasteiger partial charge in [0.15, 0.2) is 0 Å². The maximum atomic E-state index is 12.8. The molecule has 0 saturated carbocycles. The minimum absolute atomic E-state index is 0.161. The highest BCUT2D eigenvalue weighted by Gasteiger charge is 2.55. The monoisotopic (exact) mass is 462 g/mol. The smallest absolute Gasteiger partial charge is 0.373 e. The Bertz CT molecular complexity index is 992. The summed E-state index contributed by atoms with van der Waals surface area (Å²) in [5.41, 5.74) is -3.38. The van der Waals surface area contributed by atoms with Gasteiger partial charge in [-0.2, -0.15) is 13.2 Å². The molecule has 2 amide bonds. The van der Waals surface area contributed by atoms with E-state index in [0.29, 0.717) is 17.4 Å². The predicted octanol–water partition coefficient (Wildman–Crippen LogP) is 3.46. The highest BCUT2D eigenvalue weighted by atomic mass is 35.5. The number of nitrogens with one attached hydrogen (secondary N) is 1. The van der Waals surface area contributed by atoms with Gasteiger partial charge in [-0.15, -0.1) is 0 Å². The molecule has 11 heteroatoms. The van der Waals surface area contributed by atoms with Crippen molar-refractivity contribution in [2.75, 3.05) is 19.4 Å². The fourth-order valence-corrected chi connectivity index (χ4v) is 3.57. The van der Waals surface area contributed by atoms with Crippen LogP contribution in [0.25, 0.3) is 0 Å². The van der Waals surface area contributed by atoms with Gasteiger partial charge in [-0.05, 0) is 49.4 Å². The van der Waals surface area contributed by atoms with Crippen molar-refractivity contribution < 1.29 is 32.1 Å². The quantitative estimate of drug-likeness (QED) is 0.712. The maximum Gasteiger partial charge on any atom is 0.426 e. The third kappa shape index (κ3) is 5.00. The van der Waals surface area contributed by atoms with E-state index in [1.165, 1.54) is 47.4 Å². The molecule has 0 aliphatic heterocycles. The molecule has 162 valence electrons. The van der Waals surface area contributed by atoms with Crippen LogP contribution in [0.3, 0.4) is 0 Å². The van der Waals surface area contributed by atoms with Gasteiger partial charge < -0.3 is 15.3 Å². The molecule has 1 unspecified atom stereocenters. The first kappa shape index (κ1) is 23.8. The zero-order chi connectivity index (χ0) is 22.9. The highest BCUT2D eigenvalue weighted by molar-refractivity contribution is 7.85. The molecule has 0 fully saturated rings. The number of carbonyl (C=O) groups excluding carboxylic acids is 2. The van der Waals surface area contributed by atoms with E-state index in [1.807, 2.05) is 5.32 Å². The van der Waals surface area contributed by atoms with E-state index in [0.717, 1.165) is 0 Å². The SMILES string of the molecule is CN(C)C(=O)c1ccc(S(=O)c2ccc(NC(=O)[C@@](C)(O)C(F)(F)F)c(Cl)c2)cc1. The number of nitrogens with zero attached hydrogens (tertiary/aromatic N) is 1. The number of anilines is 1. The average Bonchev–Trinajstić information content (AvgIpc) is 2.67. The van der Waals surface area contributed by atoms with Crippen LogP contribution < -0.4 is 5.32 Å². The molecule has 2 aromatic carbocycles. The second-order valence-corrected chi connectivity index (χ2v) is 8.55. The first-order chi connectivity index (χ1) is 13.8. The molecule has 30 heavy (non-hydrogen) atoms. The van der Waals surface area contributed by atoms with Gasteiger partial charge in [0.2, 0.25) is 5.60 Å². The molecule has 0 aromatic heterocycles. The van der Waals surface area contributed by atoms with Gasteiger partial charge in [-0.25, -0.2) is 4.21 Å². The van der Waals surface area contributed by atoms with Gasteiger partial charge in [0.25, 0.3) is 11.8 Å². The number of aliphatic hydroxyl groups is 1. The first-order valence-electron chi connectivity index (χ1n) is 8.39. The van der Waals surface area contributed by atoms with Crippen molar-refractivity contribution in [1.82, 2.24) is 4.90 Å². The van der Waals surface area contributed by atoms with Crippen molar-refractivity contribution in [2.24, 2.45) is 0 Å². The first-order valence-corrected chi connectivity index (χ1v) is 9.92. The van der Waals surface area contributed by atoms with E-state index in [9.17, 15) is 32.1 Å². The van der Waals surface area contributed by atoms with Crippen molar-refractivity contribution >= 4 is 39.9 Å². The van der Waals surface area contributed by atoms with Crippen LogP contribution in [0.4, 0.5) is 18.9 Å².